The summed E-state index contributed by atoms with van der Waals surface area (Å²) in [4.78, 5) is 39.4. The van der Waals surface area contributed by atoms with Crippen LogP contribution in [0.2, 0.25) is 0 Å². The number of carbonyl (C=O) groups is 3. The zero-order valence-electron chi connectivity index (χ0n) is 11.4. The van der Waals surface area contributed by atoms with Crippen LogP contribution >= 0.6 is 0 Å². The number of imide groups is 2. The molecule has 4 amide bonds. The van der Waals surface area contributed by atoms with Gasteiger partial charge in [0.2, 0.25) is 11.8 Å². The Morgan fingerprint density at radius 2 is 1.79 bits per heavy atom. The molecule has 6 heteroatoms. The van der Waals surface area contributed by atoms with Crippen LogP contribution in [-0.2, 0) is 9.59 Å². The van der Waals surface area contributed by atoms with Crippen LogP contribution in [0.4, 0.5) is 4.79 Å². The van der Waals surface area contributed by atoms with Crippen LogP contribution in [0.3, 0.4) is 0 Å². The number of urea groups is 1. The van der Waals surface area contributed by atoms with Gasteiger partial charge in [-0.2, -0.15) is 0 Å². The van der Waals surface area contributed by atoms with Gasteiger partial charge in [-0.15, -0.1) is 0 Å². The number of nitrogens with one attached hydrogen (secondary N) is 1. The summed E-state index contributed by atoms with van der Waals surface area (Å²) in [5.41, 5.74) is -1.03. The summed E-state index contributed by atoms with van der Waals surface area (Å²) in [6.45, 7) is 0.389. The van der Waals surface area contributed by atoms with Crippen LogP contribution < -0.4 is 5.32 Å². The second kappa shape index (κ2) is 3.79. The number of amides is 4. The molecule has 0 aromatic carbocycles. The van der Waals surface area contributed by atoms with Gasteiger partial charge in [0.15, 0.2) is 0 Å². The van der Waals surface area contributed by atoms with Gasteiger partial charge in [0.05, 0.1) is 0 Å². The summed E-state index contributed by atoms with van der Waals surface area (Å²) < 4.78 is 0. The first kappa shape index (κ1) is 12.6. The van der Waals surface area contributed by atoms with Crippen LogP contribution in [0.1, 0.15) is 32.1 Å². The second-order valence-electron chi connectivity index (χ2n) is 6.21. The highest BCUT2D eigenvalue weighted by atomic mass is 16.2. The Morgan fingerprint density at radius 1 is 1.16 bits per heavy atom. The van der Waals surface area contributed by atoms with Crippen molar-refractivity contribution in [3.63, 3.8) is 0 Å². The van der Waals surface area contributed by atoms with E-state index < -0.39 is 17.4 Å². The molecule has 0 unspecified atom stereocenters. The molecule has 0 aromatic heterocycles. The van der Waals surface area contributed by atoms with Crippen molar-refractivity contribution in [2.24, 2.45) is 5.41 Å². The van der Waals surface area contributed by atoms with Crippen LogP contribution in [0.25, 0.3) is 0 Å². The number of hydrogen-bond acceptors (Lipinski definition) is 4. The van der Waals surface area contributed by atoms with Gasteiger partial charge in [-0.25, -0.2) is 4.79 Å². The second-order valence-corrected chi connectivity index (χ2v) is 6.21. The molecule has 19 heavy (non-hydrogen) atoms. The Bertz CT molecular complexity index is 464. The maximum absolute atomic E-state index is 12.4. The van der Waals surface area contributed by atoms with Crippen LogP contribution in [0.5, 0.6) is 0 Å². The van der Waals surface area contributed by atoms with E-state index in [0.29, 0.717) is 19.4 Å². The standard InChI is InChI=1S/C13H19N3O3/c1-15(2)12(4-3-5-12)8-16-10(18)13(6-7-13)9(17)14-11(16)19/h3-8H2,1-2H3,(H,14,17,19). The Kier molecular flexibility index (Phi) is 2.51. The van der Waals surface area contributed by atoms with Crippen molar-refractivity contribution in [1.82, 2.24) is 15.1 Å². The highest BCUT2D eigenvalue weighted by Crippen LogP contribution is 2.49. The van der Waals surface area contributed by atoms with Gasteiger partial charge in [0, 0.05) is 12.1 Å². The quantitative estimate of drug-likeness (QED) is 0.747. The lowest BCUT2D eigenvalue weighted by molar-refractivity contribution is -0.146. The summed E-state index contributed by atoms with van der Waals surface area (Å²) >= 11 is 0. The number of rotatable bonds is 3. The zero-order chi connectivity index (χ0) is 13.8. The molecule has 3 fully saturated rings. The Labute approximate surface area is 112 Å². The molecule has 2 aliphatic carbocycles. The van der Waals surface area contributed by atoms with Gasteiger partial charge in [-0.3, -0.25) is 19.8 Å². The SMILES string of the molecule is CN(C)C1(CN2C(=O)NC(=O)C3(CC3)C2=O)CCC1. The number of likely N-dealkylation sites (N-methyl/N-ethyl adjacent to an activating group) is 1. The monoisotopic (exact) mass is 265 g/mol. The topological polar surface area (TPSA) is 69.7 Å². The van der Waals surface area contributed by atoms with Crippen molar-refractivity contribution in [1.29, 1.82) is 0 Å². The molecule has 1 N–H and O–H groups in total. The molecular formula is C13H19N3O3. The van der Waals surface area contributed by atoms with Crippen molar-refractivity contribution < 1.29 is 14.4 Å². The largest absolute Gasteiger partial charge is 0.330 e. The minimum Gasteiger partial charge on any atom is -0.302 e. The molecule has 1 saturated heterocycles. The first-order valence-corrected chi connectivity index (χ1v) is 6.76. The molecule has 0 bridgehead atoms. The number of carbonyl (C=O) groups excluding carboxylic acids is 3. The summed E-state index contributed by atoms with van der Waals surface area (Å²) in [5.74, 6) is -0.708. The Balaban J connectivity index is 1.82. The van der Waals surface area contributed by atoms with E-state index >= 15 is 0 Å². The highest BCUT2D eigenvalue weighted by Gasteiger charge is 2.63. The molecule has 1 heterocycles. The molecule has 0 atom stereocenters. The number of hydrogen-bond donors (Lipinski definition) is 1. The molecule has 1 aliphatic heterocycles. The first-order valence-electron chi connectivity index (χ1n) is 6.76. The average molecular weight is 265 g/mol. The Morgan fingerprint density at radius 3 is 2.21 bits per heavy atom. The molecule has 2 saturated carbocycles. The van der Waals surface area contributed by atoms with Gasteiger partial charge in [-0.05, 0) is 46.2 Å². The molecule has 6 nitrogen and oxygen atoms in total. The van der Waals surface area contributed by atoms with E-state index in [4.69, 9.17) is 0 Å². The third kappa shape index (κ3) is 1.62. The highest BCUT2D eigenvalue weighted by molar-refractivity contribution is 6.20. The maximum Gasteiger partial charge on any atom is 0.330 e. The van der Waals surface area contributed by atoms with Crippen LogP contribution in [0, 0.1) is 5.41 Å². The van der Waals surface area contributed by atoms with Gasteiger partial charge >= 0.3 is 6.03 Å². The van der Waals surface area contributed by atoms with E-state index in [1.165, 1.54) is 4.90 Å². The van der Waals surface area contributed by atoms with Crippen LogP contribution in [0.15, 0.2) is 0 Å². The third-order valence-corrected chi connectivity index (χ3v) is 4.99. The molecule has 3 rings (SSSR count). The van der Waals surface area contributed by atoms with Crippen molar-refractivity contribution in [3.05, 3.63) is 0 Å². The lowest BCUT2D eigenvalue weighted by atomic mass is 9.75. The van der Waals surface area contributed by atoms with E-state index in [0.717, 1.165) is 19.3 Å². The predicted molar refractivity (Wildman–Crippen MR) is 67.2 cm³/mol. The fourth-order valence-corrected chi connectivity index (χ4v) is 3.07. The summed E-state index contributed by atoms with van der Waals surface area (Å²) in [6.07, 6.45) is 4.22. The lowest BCUT2D eigenvalue weighted by Crippen LogP contribution is -2.65. The molecule has 1 spiro atoms. The molecule has 3 aliphatic rings. The van der Waals surface area contributed by atoms with Crippen molar-refractivity contribution in [2.75, 3.05) is 20.6 Å². The van der Waals surface area contributed by atoms with Gasteiger partial charge < -0.3 is 4.90 Å². The van der Waals surface area contributed by atoms with Gasteiger partial charge in [0.1, 0.15) is 5.41 Å². The normalized spacial score (nSPS) is 27.5. The van der Waals surface area contributed by atoms with E-state index in [2.05, 4.69) is 10.2 Å². The molecule has 104 valence electrons. The molecule has 0 aromatic rings. The molecule has 0 radical (unpaired) electrons. The fourth-order valence-electron chi connectivity index (χ4n) is 3.07. The smallest absolute Gasteiger partial charge is 0.302 e. The van der Waals surface area contributed by atoms with E-state index in [-0.39, 0.29) is 11.4 Å². The summed E-state index contributed by atoms with van der Waals surface area (Å²) in [5, 5.41) is 2.33. The van der Waals surface area contributed by atoms with Crippen molar-refractivity contribution in [2.45, 2.75) is 37.6 Å². The third-order valence-electron chi connectivity index (χ3n) is 4.99. The number of barbiturate groups is 1. The summed E-state index contributed by atoms with van der Waals surface area (Å²) in [7, 11) is 3.95. The van der Waals surface area contributed by atoms with Gasteiger partial charge in [0.25, 0.3) is 0 Å². The average Bonchev–Trinajstić information content (AvgIpc) is 3.05. The molecular weight excluding hydrogens is 246 g/mol. The van der Waals surface area contributed by atoms with Crippen molar-refractivity contribution >= 4 is 17.8 Å². The maximum atomic E-state index is 12.4. The van der Waals surface area contributed by atoms with Crippen LogP contribution in [-0.4, -0.2) is 53.8 Å². The predicted octanol–water partition coefficient (Wildman–Crippen LogP) is 0.329. The minimum absolute atomic E-state index is 0.108. The minimum atomic E-state index is -0.925. The number of nitrogens with zero attached hydrogens (tertiary/aromatic N) is 2. The lowest BCUT2D eigenvalue weighted by Gasteiger charge is -2.50. The fraction of sp³-hybridized carbons (Fsp3) is 0.769. The van der Waals surface area contributed by atoms with Crippen molar-refractivity contribution in [3.8, 4) is 0 Å². The van der Waals surface area contributed by atoms with E-state index in [9.17, 15) is 14.4 Å². The zero-order valence-corrected chi connectivity index (χ0v) is 11.4. The van der Waals surface area contributed by atoms with E-state index in [1.807, 2.05) is 14.1 Å². The summed E-state index contributed by atoms with van der Waals surface area (Å²) in [6, 6.07) is -0.555. The van der Waals surface area contributed by atoms with Gasteiger partial charge in [-0.1, -0.05) is 0 Å². The Hall–Kier alpha value is -1.43. The van der Waals surface area contributed by atoms with E-state index in [1.54, 1.807) is 0 Å². The first-order chi connectivity index (χ1) is 8.91.